The molecule has 0 aliphatic heterocycles. The summed E-state index contributed by atoms with van der Waals surface area (Å²) in [5, 5.41) is 0. The molecule has 2 rings (SSSR count). The van der Waals surface area contributed by atoms with Crippen LogP contribution in [0.3, 0.4) is 0 Å². The Morgan fingerprint density at radius 2 is 2.05 bits per heavy atom. The highest BCUT2D eigenvalue weighted by atomic mass is 79.9. The Bertz CT molecular complexity index is 591. The Balaban J connectivity index is 2.36. The van der Waals surface area contributed by atoms with Gasteiger partial charge < -0.3 is 0 Å². The first-order valence-electron chi connectivity index (χ1n) is 6.60. The minimum absolute atomic E-state index is 0.263. The van der Waals surface area contributed by atoms with Crippen LogP contribution in [0.2, 0.25) is 0 Å². The molecule has 0 unspecified atom stereocenters. The Morgan fingerprint density at radius 3 is 2.52 bits per heavy atom. The summed E-state index contributed by atoms with van der Waals surface area (Å²) >= 11 is 3.26. The fourth-order valence-corrected chi connectivity index (χ4v) is 3.00. The van der Waals surface area contributed by atoms with E-state index in [9.17, 15) is 13.0 Å². The maximum absolute atomic E-state index is 13.2. The highest BCUT2D eigenvalue weighted by Gasteiger charge is 2.48. The smallest absolute Gasteiger partial charge is 0.240 e. The van der Waals surface area contributed by atoms with E-state index >= 15 is 0 Å². The molecule has 0 saturated heterocycles. The molecule has 1 aliphatic rings. The summed E-state index contributed by atoms with van der Waals surface area (Å²) in [5.74, 6) is -3.05. The molecule has 0 spiro atoms. The third-order valence-corrected chi connectivity index (χ3v) is 5.01. The summed E-state index contributed by atoms with van der Waals surface area (Å²) in [7, 11) is -1.50. The molecule has 1 aromatic heterocycles. The van der Waals surface area contributed by atoms with E-state index in [1.807, 2.05) is 0 Å². The van der Waals surface area contributed by atoms with E-state index < -0.39 is 27.6 Å². The first-order chi connectivity index (χ1) is 9.58. The van der Waals surface area contributed by atoms with Crippen LogP contribution in [-0.2, 0) is 11.0 Å². The normalized spacial score (nSPS) is 21.0. The van der Waals surface area contributed by atoms with Gasteiger partial charge in [-0.25, -0.2) is 18.0 Å². The molecule has 0 aromatic carbocycles. The first kappa shape index (κ1) is 16.7. The van der Waals surface area contributed by atoms with Gasteiger partial charge in [0, 0.05) is 18.8 Å². The highest BCUT2D eigenvalue weighted by molar-refractivity contribution is 9.10. The molecular weight excluding hydrogens is 362 g/mol. The molecule has 1 aliphatic carbocycles. The average molecular weight is 379 g/mol. The van der Waals surface area contributed by atoms with Crippen molar-refractivity contribution in [2.45, 2.75) is 44.3 Å². The van der Waals surface area contributed by atoms with Gasteiger partial charge in [-0.1, -0.05) is 6.07 Å². The van der Waals surface area contributed by atoms with Crippen LogP contribution < -0.4 is 0 Å². The van der Waals surface area contributed by atoms with Gasteiger partial charge in [-0.05, 0) is 48.8 Å². The standard InChI is InChI=1S/C14H17BrF2N2OS/c1-13(2,3)21(20)19-12(9-7-14(16,17)8-9)10-5-4-6-11(15)18-10/h4-6,9H,7-8H2,1-3H3/b19-12+/t21-/m1/s1. The van der Waals surface area contributed by atoms with Crippen molar-refractivity contribution in [2.75, 3.05) is 0 Å². The quantitative estimate of drug-likeness (QED) is 0.585. The monoisotopic (exact) mass is 378 g/mol. The maximum atomic E-state index is 13.2. The molecule has 1 fully saturated rings. The van der Waals surface area contributed by atoms with Gasteiger partial charge >= 0.3 is 0 Å². The molecule has 116 valence electrons. The second kappa shape index (κ2) is 5.83. The third-order valence-electron chi connectivity index (χ3n) is 3.16. The molecule has 1 saturated carbocycles. The number of nitrogens with zero attached hydrogens (tertiary/aromatic N) is 2. The van der Waals surface area contributed by atoms with Gasteiger partial charge in [0.15, 0.2) is 0 Å². The molecule has 1 aromatic rings. The van der Waals surface area contributed by atoms with Crippen molar-refractivity contribution in [1.82, 2.24) is 4.98 Å². The van der Waals surface area contributed by atoms with Gasteiger partial charge in [0.2, 0.25) is 5.92 Å². The van der Waals surface area contributed by atoms with E-state index in [0.29, 0.717) is 16.0 Å². The minimum Gasteiger partial charge on any atom is -0.240 e. The molecule has 21 heavy (non-hydrogen) atoms. The second-order valence-electron chi connectivity index (χ2n) is 6.14. The lowest BCUT2D eigenvalue weighted by Crippen LogP contribution is -2.41. The zero-order valence-electron chi connectivity index (χ0n) is 12.1. The van der Waals surface area contributed by atoms with E-state index in [2.05, 4.69) is 25.3 Å². The number of hydrogen-bond donors (Lipinski definition) is 0. The number of hydrogen-bond acceptors (Lipinski definition) is 2. The van der Waals surface area contributed by atoms with E-state index in [4.69, 9.17) is 0 Å². The van der Waals surface area contributed by atoms with E-state index in [1.54, 1.807) is 39.0 Å². The lowest BCUT2D eigenvalue weighted by Gasteiger charge is -2.35. The fraction of sp³-hybridized carbons (Fsp3) is 0.571. The zero-order chi connectivity index (χ0) is 15.8. The van der Waals surface area contributed by atoms with Crippen molar-refractivity contribution >= 4 is 32.6 Å². The van der Waals surface area contributed by atoms with Crippen LogP contribution in [0.15, 0.2) is 27.2 Å². The van der Waals surface area contributed by atoms with Crippen LogP contribution in [0, 0.1) is 5.92 Å². The summed E-state index contributed by atoms with van der Waals surface area (Å²) in [6.45, 7) is 5.40. The predicted octanol–water partition coefficient (Wildman–Crippen LogP) is 4.14. The van der Waals surface area contributed by atoms with Crippen LogP contribution in [0.4, 0.5) is 8.78 Å². The van der Waals surface area contributed by atoms with Crippen molar-refractivity contribution in [3.8, 4) is 0 Å². The summed E-state index contributed by atoms with van der Waals surface area (Å²) in [6.07, 6.45) is -0.525. The fourth-order valence-electron chi connectivity index (χ4n) is 1.96. The molecule has 0 bridgehead atoms. The van der Waals surface area contributed by atoms with Gasteiger partial charge in [0.1, 0.15) is 15.6 Å². The number of pyridine rings is 1. The maximum Gasteiger partial charge on any atom is 0.249 e. The van der Waals surface area contributed by atoms with Crippen LogP contribution in [-0.4, -0.2) is 25.6 Å². The molecule has 0 amide bonds. The summed E-state index contributed by atoms with van der Waals surface area (Å²) < 4.78 is 42.8. The number of rotatable bonds is 3. The largest absolute Gasteiger partial charge is 0.249 e. The van der Waals surface area contributed by atoms with Gasteiger partial charge in [-0.15, -0.1) is 0 Å². The molecule has 1 atom stereocenters. The van der Waals surface area contributed by atoms with Crippen molar-refractivity contribution < 1.29 is 13.0 Å². The van der Waals surface area contributed by atoms with Crippen molar-refractivity contribution in [1.29, 1.82) is 0 Å². The molecule has 7 heteroatoms. The van der Waals surface area contributed by atoms with Crippen molar-refractivity contribution in [3.63, 3.8) is 0 Å². The number of halogens is 3. The van der Waals surface area contributed by atoms with E-state index in [-0.39, 0.29) is 12.8 Å². The Kier molecular flexibility index (Phi) is 4.63. The molecule has 1 heterocycles. The van der Waals surface area contributed by atoms with E-state index in [1.165, 1.54) is 0 Å². The molecular formula is C14H17BrF2N2OS. The van der Waals surface area contributed by atoms with Gasteiger partial charge in [-0.3, -0.25) is 0 Å². The second-order valence-corrected chi connectivity index (χ2v) is 8.86. The average Bonchev–Trinajstić information content (AvgIpc) is 2.31. The number of aromatic nitrogens is 1. The highest BCUT2D eigenvalue weighted by Crippen LogP contribution is 2.44. The topological polar surface area (TPSA) is 42.3 Å². The van der Waals surface area contributed by atoms with E-state index in [0.717, 1.165) is 0 Å². The Labute approximate surface area is 134 Å². The Morgan fingerprint density at radius 1 is 1.43 bits per heavy atom. The first-order valence-corrected chi connectivity index (χ1v) is 8.50. The molecule has 3 nitrogen and oxygen atoms in total. The third kappa shape index (κ3) is 4.16. The van der Waals surface area contributed by atoms with Crippen LogP contribution in [0.1, 0.15) is 39.3 Å². The number of alkyl halides is 2. The van der Waals surface area contributed by atoms with Gasteiger partial charge in [0.05, 0.1) is 16.2 Å². The summed E-state index contributed by atoms with van der Waals surface area (Å²) in [6, 6.07) is 5.22. The lowest BCUT2D eigenvalue weighted by molar-refractivity contribution is -0.0907. The minimum atomic E-state index is -2.65. The lowest BCUT2D eigenvalue weighted by atomic mass is 9.77. The van der Waals surface area contributed by atoms with Crippen LogP contribution in [0.25, 0.3) is 0 Å². The van der Waals surface area contributed by atoms with Gasteiger partial charge in [0.25, 0.3) is 0 Å². The SMILES string of the molecule is CC(C)(C)[S@@](=O)/N=C(/c1cccc(Br)n1)C1CC(F)(F)C1. The molecule has 0 radical (unpaired) electrons. The van der Waals surface area contributed by atoms with Gasteiger partial charge in [-0.2, -0.15) is 4.40 Å². The van der Waals surface area contributed by atoms with Crippen LogP contribution >= 0.6 is 15.9 Å². The van der Waals surface area contributed by atoms with Crippen molar-refractivity contribution in [3.05, 3.63) is 28.5 Å². The summed E-state index contributed by atoms with van der Waals surface area (Å²) in [4.78, 5) is 4.27. The predicted molar refractivity (Wildman–Crippen MR) is 84.0 cm³/mol. The summed E-state index contributed by atoms with van der Waals surface area (Å²) in [5.41, 5.74) is 0.915. The Hall–Kier alpha value is -0.690. The zero-order valence-corrected chi connectivity index (χ0v) is 14.5. The van der Waals surface area contributed by atoms with Crippen molar-refractivity contribution in [2.24, 2.45) is 10.3 Å². The van der Waals surface area contributed by atoms with Crippen LogP contribution in [0.5, 0.6) is 0 Å². The molecule has 0 N–H and O–H groups in total.